The van der Waals surface area contributed by atoms with Crippen molar-refractivity contribution in [3.05, 3.63) is 107 Å². The molecule has 0 saturated carbocycles. The van der Waals surface area contributed by atoms with Gasteiger partial charge in [-0.15, -0.1) is 0 Å². The van der Waals surface area contributed by atoms with Gasteiger partial charge in [0.15, 0.2) is 0 Å². The highest BCUT2D eigenvalue weighted by Crippen LogP contribution is 2.34. The molecule has 1 aliphatic heterocycles. The van der Waals surface area contributed by atoms with Gasteiger partial charge in [-0.2, -0.15) is 0 Å². The van der Waals surface area contributed by atoms with Crippen molar-refractivity contribution >= 4 is 16.7 Å². The zero-order chi connectivity index (χ0) is 22.1. The zero-order valence-electron chi connectivity index (χ0n) is 18.6. The standard InChI is InChI=1S/C28H27N3O/c1-19-8-3-4-10-23(19)17-21-16-20(2)30-25(18-21)26-12-7-15-31(26)28(32)27-24-11-6-5-9-22(24)13-14-29-27/h3-6,8-11,13-14,16,18,26H,7,12,15,17H2,1-2H3/t26-/m0/s1. The van der Waals surface area contributed by atoms with Crippen LogP contribution in [0.1, 0.15) is 57.5 Å². The first-order chi connectivity index (χ1) is 15.6. The van der Waals surface area contributed by atoms with Gasteiger partial charge in [0.05, 0.1) is 11.7 Å². The first-order valence-electron chi connectivity index (χ1n) is 11.3. The second-order valence-corrected chi connectivity index (χ2v) is 8.68. The fourth-order valence-corrected chi connectivity index (χ4v) is 4.81. The van der Waals surface area contributed by atoms with E-state index in [1.165, 1.54) is 16.7 Å². The lowest BCUT2D eigenvalue weighted by Gasteiger charge is -2.25. The first kappa shape index (κ1) is 20.4. The van der Waals surface area contributed by atoms with Crippen LogP contribution in [0.15, 0.2) is 72.9 Å². The van der Waals surface area contributed by atoms with Crippen molar-refractivity contribution in [3.8, 4) is 0 Å². The van der Waals surface area contributed by atoms with Crippen LogP contribution in [-0.2, 0) is 6.42 Å². The van der Waals surface area contributed by atoms with Gasteiger partial charge in [-0.25, -0.2) is 0 Å². The van der Waals surface area contributed by atoms with Crippen LogP contribution in [-0.4, -0.2) is 27.3 Å². The molecule has 0 bridgehead atoms. The summed E-state index contributed by atoms with van der Waals surface area (Å²) in [5.41, 5.74) is 6.37. The van der Waals surface area contributed by atoms with E-state index >= 15 is 0 Å². The summed E-state index contributed by atoms with van der Waals surface area (Å²) < 4.78 is 0. The molecule has 3 heterocycles. The minimum Gasteiger partial charge on any atom is -0.329 e. The number of aryl methyl sites for hydroxylation is 2. The van der Waals surface area contributed by atoms with Gasteiger partial charge in [0.2, 0.25) is 0 Å². The summed E-state index contributed by atoms with van der Waals surface area (Å²) in [5, 5.41) is 1.94. The molecular weight excluding hydrogens is 394 g/mol. The maximum atomic E-state index is 13.6. The number of likely N-dealkylation sites (tertiary alicyclic amines) is 1. The summed E-state index contributed by atoms with van der Waals surface area (Å²) in [6.07, 6.45) is 4.50. The fourth-order valence-electron chi connectivity index (χ4n) is 4.81. The molecule has 4 nitrogen and oxygen atoms in total. The third kappa shape index (κ3) is 3.89. The Kier molecular flexibility index (Phi) is 5.44. The summed E-state index contributed by atoms with van der Waals surface area (Å²) in [4.78, 5) is 24.9. The molecule has 0 radical (unpaired) electrons. The highest BCUT2D eigenvalue weighted by molar-refractivity contribution is 6.05. The average Bonchev–Trinajstić information content (AvgIpc) is 3.29. The first-order valence-corrected chi connectivity index (χ1v) is 11.3. The second kappa shape index (κ2) is 8.54. The molecule has 4 heteroatoms. The van der Waals surface area contributed by atoms with Crippen LogP contribution in [0.5, 0.6) is 0 Å². The van der Waals surface area contributed by atoms with E-state index in [4.69, 9.17) is 4.98 Å². The summed E-state index contributed by atoms with van der Waals surface area (Å²) in [6, 6.07) is 22.7. The third-order valence-corrected chi connectivity index (χ3v) is 6.42. The zero-order valence-corrected chi connectivity index (χ0v) is 18.6. The molecule has 0 spiro atoms. The Labute approximate surface area is 189 Å². The molecule has 1 amide bonds. The number of carbonyl (C=O) groups excluding carboxylic acids is 1. The summed E-state index contributed by atoms with van der Waals surface area (Å²) in [5.74, 6) is -0.00643. The third-order valence-electron chi connectivity index (χ3n) is 6.42. The molecule has 2 aromatic carbocycles. The Morgan fingerprint density at radius 2 is 1.84 bits per heavy atom. The van der Waals surface area contributed by atoms with Crippen molar-refractivity contribution in [1.82, 2.24) is 14.9 Å². The highest BCUT2D eigenvalue weighted by Gasteiger charge is 2.33. The molecule has 4 aromatic rings. The van der Waals surface area contributed by atoms with Crippen LogP contribution in [0.25, 0.3) is 10.8 Å². The van der Waals surface area contributed by atoms with Crippen molar-refractivity contribution in [2.75, 3.05) is 6.54 Å². The topological polar surface area (TPSA) is 46.1 Å². The monoisotopic (exact) mass is 421 g/mol. The number of rotatable bonds is 4. The normalized spacial score (nSPS) is 15.9. The summed E-state index contributed by atoms with van der Waals surface area (Å²) >= 11 is 0. The van der Waals surface area contributed by atoms with E-state index in [9.17, 15) is 4.79 Å². The number of aromatic nitrogens is 2. The molecule has 1 aliphatic rings. The van der Waals surface area contributed by atoms with Crippen molar-refractivity contribution < 1.29 is 4.79 Å². The molecule has 1 fully saturated rings. The van der Waals surface area contributed by atoms with E-state index in [1.807, 2.05) is 42.2 Å². The number of amides is 1. The number of fused-ring (bicyclic) bond motifs is 1. The number of hydrogen-bond donors (Lipinski definition) is 0. The number of pyridine rings is 2. The molecule has 1 atom stereocenters. The van der Waals surface area contributed by atoms with Gasteiger partial charge < -0.3 is 4.90 Å². The van der Waals surface area contributed by atoms with Crippen LogP contribution in [0.4, 0.5) is 0 Å². The average molecular weight is 422 g/mol. The lowest BCUT2D eigenvalue weighted by Crippen LogP contribution is -2.32. The Morgan fingerprint density at radius 3 is 2.72 bits per heavy atom. The van der Waals surface area contributed by atoms with E-state index in [2.05, 4.69) is 48.3 Å². The molecule has 5 rings (SSSR count). The Hall–Kier alpha value is -3.53. The minimum atomic E-state index is -0.0150. The van der Waals surface area contributed by atoms with Crippen LogP contribution in [0.3, 0.4) is 0 Å². The molecule has 160 valence electrons. The van der Waals surface area contributed by atoms with Gasteiger partial charge in [0, 0.05) is 23.8 Å². The van der Waals surface area contributed by atoms with Crippen molar-refractivity contribution in [1.29, 1.82) is 0 Å². The summed E-state index contributed by atoms with van der Waals surface area (Å²) in [7, 11) is 0. The Balaban J connectivity index is 1.47. The molecule has 0 N–H and O–H groups in total. The maximum absolute atomic E-state index is 13.6. The van der Waals surface area contributed by atoms with Crippen LogP contribution in [0, 0.1) is 13.8 Å². The molecule has 0 unspecified atom stereocenters. The largest absolute Gasteiger partial charge is 0.329 e. The minimum absolute atomic E-state index is 0.00643. The quantitative estimate of drug-likeness (QED) is 0.417. The number of carbonyl (C=O) groups is 1. The smallest absolute Gasteiger partial charge is 0.273 e. The molecular formula is C28H27N3O. The maximum Gasteiger partial charge on any atom is 0.273 e. The van der Waals surface area contributed by atoms with E-state index in [-0.39, 0.29) is 11.9 Å². The van der Waals surface area contributed by atoms with Gasteiger partial charge in [-0.3, -0.25) is 14.8 Å². The van der Waals surface area contributed by atoms with E-state index < -0.39 is 0 Å². The van der Waals surface area contributed by atoms with Crippen molar-refractivity contribution in [3.63, 3.8) is 0 Å². The molecule has 32 heavy (non-hydrogen) atoms. The van der Waals surface area contributed by atoms with Crippen molar-refractivity contribution in [2.24, 2.45) is 0 Å². The highest BCUT2D eigenvalue weighted by atomic mass is 16.2. The van der Waals surface area contributed by atoms with Crippen LogP contribution < -0.4 is 0 Å². The van der Waals surface area contributed by atoms with Gasteiger partial charge in [0.1, 0.15) is 5.69 Å². The van der Waals surface area contributed by atoms with Crippen LogP contribution >= 0.6 is 0 Å². The van der Waals surface area contributed by atoms with Gasteiger partial charge >= 0.3 is 0 Å². The Bertz CT molecular complexity index is 1290. The summed E-state index contributed by atoms with van der Waals surface area (Å²) in [6.45, 7) is 4.92. The van der Waals surface area contributed by atoms with Crippen LogP contribution in [0.2, 0.25) is 0 Å². The second-order valence-electron chi connectivity index (χ2n) is 8.68. The molecule has 1 saturated heterocycles. The number of hydrogen-bond acceptors (Lipinski definition) is 3. The van der Waals surface area contributed by atoms with E-state index in [1.54, 1.807) is 6.20 Å². The predicted molar refractivity (Wildman–Crippen MR) is 128 cm³/mol. The SMILES string of the molecule is Cc1cc(Cc2ccccc2C)cc([C@@H]2CCCN2C(=O)c2nccc3ccccc23)n1. The van der Waals surface area contributed by atoms with Crippen molar-refractivity contribution in [2.45, 2.75) is 39.2 Å². The molecule has 0 aliphatic carbocycles. The lowest BCUT2D eigenvalue weighted by atomic mass is 9.98. The number of benzene rings is 2. The van der Waals surface area contributed by atoms with Gasteiger partial charge in [0.25, 0.3) is 5.91 Å². The van der Waals surface area contributed by atoms with E-state index in [0.717, 1.165) is 48.0 Å². The molecule has 2 aromatic heterocycles. The number of nitrogens with zero attached hydrogens (tertiary/aromatic N) is 3. The van der Waals surface area contributed by atoms with Gasteiger partial charge in [-0.1, -0.05) is 48.5 Å². The Morgan fingerprint density at radius 1 is 1.03 bits per heavy atom. The van der Waals surface area contributed by atoms with Gasteiger partial charge in [-0.05, 0) is 73.4 Å². The van der Waals surface area contributed by atoms with E-state index in [0.29, 0.717) is 5.69 Å². The lowest BCUT2D eigenvalue weighted by molar-refractivity contribution is 0.0729. The predicted octanol–water partition coefficient (Wildman–Crippen LogP) is 5.81. The fraction of sp³-hybridized carbons (Fsp3) is 0.250.